The fourth-order valence-electron chi connectivity index (χ4n) is 3.12. The predicted molar refractivity (Wildman–Crippen MR) is 83.7 cm³/mol. The Morgan fingerprint density at radius 3 is 2.65 bits per heavy atom. The summed E-state index contributed by atoms with van der Waals surface area (Å²) >= 11 is 5.66. The first-order valence-corrected chi connectivity index (χ1v) is 8.06. The smallest absolute Gasteiger partial charge is 0.228 e. The van der Waals surface area contributed by atoms with E-state index in [4.69, 9.17) is 11.6 Å². The minimum atomic E-state index is -0.586. The summed E-state index contributed by atoms with van der Waals surface area (Å²) in [6.07, 6.45) is 0.914. The zero-order chi connectivity index (χ0) is 16.6. The van der Waals surface area contributed by atoms with Crippen molar-refractivity contribution in [3.63, 3.8) is 0 Å². The van der Waals surface area contributed by atoms with E-state index in [1.807, 2.05) is 0 Å². The van der Waals surface area contributed by atoms with Crippen LogP contribution in [0.5, 0.6) is 0 Å². The van der Waals surface area contributed by atoms with Gasteiger partial charge in [0.05, 0.1) is 17.0 Å². The average Bonchev–Trinajstić information content (AvgIpc) is 2.92. The lowest BCUT2D eigenvalue weighted by atomic mass is 10.0. The van der Waals surface area contributed by atoms with Crippen molar-refractivity contribution in [1.29, 1.82) is 0 Å². The van der Waals surface area contributed by atoms with Gasteiger partial charge in [-0.2, -0.15) is 0 Å². The van der Waals surface area contributed by atoms with E-state index in [0.29, 0.717) is 31.6 Å². The Morgan fingerprint density at radius 1 is 1.30 bits per heavy atom. The summed E-state index contributed by atoms with van der Waals surface area (Å²) in [5, 5.41) is 9.51. The van der Waals surface area contributed by atoms with E-state index >= 15 is 0 Å². The second-order valence-electron chi connectivity index (χ2n) is 6.06. The number of carbonyl (C=O) groups excluding carboxylic acids is 2. The number of piperidine rings is 1. The lowest BCUT2D eigenvalue weighted by molar-refractivity contribution is -0.137. The minimum absolute atomic E-state index is 0.0000956. The number of aliphatic hydroxyl groups is 1. The highest BCUT2D eigenvalue weighted by Crippen LogP contribution is 2.29. The average molecular weight is 341 g/mol. The molecule has 2 aliphatic heterocycles. The fourth-order valence-corrected chi connectivity index (χ4v) is 3.24. The molecule has 1 aromatic carbocycles. The van der Waals surface area contributed by atoms with Gasteiger partial charge in [-0.3, -0.25) is 9.59 Å². The normalized spacial score (nSPS) is 22.7. The summed E-state index contributed by atoms with van der Waals surface area (Å²) in [6.45, 7) is 1.28. The van der Waals surface area contributed by atoms with Crippen LogP contribution in [-0.4, -0.2) is 47.6 Å². The van der Waals surface area contributed by atoms with Crippen LogP contribution in [-0.2, 0) is 9.59 Å². The van der Waals surface area contributed by atoms with Gasteiger partial charge in [-0.25, -0.2) is 4.39 Å². The summed E-state index contributed by atoms with van der Waals surface area (Å²) in [5.74, 6) is -1.27. The van der Waals surface area contributed by atoms with Crippen molar-refractivity contribution in [2.75, 3.05) is 24.5 Å². The monoisotopic (exact) mass is 340 g/mol. The Labute approximate surface area is 138 Å². The van der Waals surface area contributed by atoms with E-state index < -0.39 is 11.7 Å². The van der Waals surface area contributed by atoms with Crippen LogP contribution in [0, 0.1) is 11.7 Å². The molecule has 0 bridgehead atoms. The summed E-state index contributed by atoms with van der Waals surface area (Å²) < 4.78 is 13.6. The summed E-state index contributed by atoms with van der Waals surface area (Å²) in [4.78, 5) is 27.8. The van der Waals surface area contributed by atoms with Gasteiger partial charge in [0.1, 0.15) is 5.82 Å². The first-order chi connectivity index (χ1) is 11.0. The topological polar surface area (TPSA) is 60.9 Å². The van der Waals surface area contributed by atoms with Crippen molar-refractivity contribution in [3.05, 3.63) is 29.0 Å². The van der Waals surface area contributed by atoms with Crippen LogP contribution in [0.15, 0.2) is 18.2 Å². The Hall–Kier alpha value is -1.66. The maximum Gasteiger partial charge on any atom is 0.228 e. The summed E-state index contributed by atoms with van der Waals surface area (Å²) in [7, 11) is 0. The Morgan fingerprint density at radius 2 is 2.00 bits per heavy atom. The second-order valence-corrected chi connectivity index (χ2v) is 6.47. The zero-order valence-electron chi connectivity index (χ0n) is 12.5. The van der Waals surface area contributed by atoms with Crippen LogP contribution in [0.2, 0.25) is 5.02 Å². The predicted octanol–water partition coefficient (Wildman–Crippen LogP) is 1.82. The number of rotatable bonds is 2. The molecule has 2 saturated heterocycles. The number of likely N-dealkylation sites (tertiary alicyclic amines) is 1. The van der Waals surface area contributed by atoms with Gasteiger partial charge in [0.2, 0.25) is 11.8 Å². The quantitative estimate of drug-likeness (QED) is 0.893. The third-order valence-electron chi connectivity index (χ3n) is 4.47. The summed E-state index contributed by atoms with van der Waals surface area (Å²) in [5.41, 5.74) is 0.418. The molecule has 2 aliphatic rings. The number of anilines is 1. The number of hydrogen-bond donors (Lipinski definition) is 1. The third kappa shape index (κ3) is 3.33. The molecule has 2 heterocycles. The largest absolute Gasteiger partial charge is 0.393 e. The number of carbonyl (C=O) groups is 2. The SMILES string of the molecule is O=C(C1CC(=O)N(c2ccc(Cl)c(F)c2)C1)N1CCC(O)CC1. The minimum Gasteiger partial charge on any atom is -0.393 e. The number of aliphatic hydroxyl groups excluding tert-OH is 1. The molecule has 2 fully saturated rings. The van der Waals surface area contributed by atoms with Crippen molar-refractivity contribution in [1.82, 2.24) is 4.90 Å². The van der Waals surface area contributed by atoms with Gasteiger partial charge < -0.3 is 14.9 Å². The molecule has 7 heteroatoms. The highest BCUT2D eigenvalue weighted by atomic mass is 35.5. The van der Waals surface area contributed by atoms with Gasteiger partial charge in [0, 0.05) is 31.7 Å². The van der Waals surface area contributed by atoms with E-state index in [1.165, 1.54) is 17.0 Å². The molecular formula is C16H18ClFN2O3. The third-order valence-corrected chi connectivity index (χ3v) is 4.77. The van der Waals surface area contributed by atoms with Gasteiger partial charge in [-0.1, -0.05) is 11.6 Å². The molecule has 0 radical (unpaired) electrons. The van der Waals surface area contributed by atoms with Crippen molar-refractivity contribution >= 4 is 29.1 Å². The molecular weight excluding hydrogens is 323 g/mol. The molecule has 1 N–H and O–H groups in total. The van der Waals surface area contributed by atoms with Gasteiger partial charge in [-0.15, -0.1) is 0 Å². The Balaban J connectivity index is 1.69. The van der Waals surface area contributed by atoms with Gasteiger partial charge in [-0.05, 0) is 31.0 Å². The highest BCUT2D eigenvalue weighted by Gasteiger charge is 2.38. The number of hydrogen-bond acceptors (Lipinski definition) is 3. The van der Waals surface area contributed by atoms with Crippen LogP contribution in [0.1, 0.15) is 19.3 Å². The summed E-state index contributed by atoms with van der Waals surface area (Å²) in [6, 6.07) is 4.19. The van der Waals surface area contributed by atoms with Crippen LogP contribution >= 0.6 is 11.6 Å². The van der Waals surface area contributed by atoms with Gasteiger partial charge in [0.15, 0.2) is 0 Å². The molecule has 0 aromatic heterocycles. The molecule has 1 aromatic rings. The Kier molecular flexibility index (Phi) is 4.55. The molecule has 0 spiro atoms. The van der Waals surface area contributed by atoms with Crippen LogP contribution in [0.25, 0.3) is 0 Å². The lowest BCUT2D eigenvalue weighted by Gasteiger charge is -2.31. The highest BCUT2D eigenvalue weighted by molar-refractivity contribution is 6.30. The molecule has 124 valence electrons. The number of halogens is 2. The van der Waals surface area contributed by atoms with Gasteiger partial charge in [0.25, 0.3) is 0 Å². The van der Waals surface area contributed by atoms with Crippen molar-refractivity contribution < 1.29 is 19.1 Å². The molecule has 2 amide bonds. The molecule has 5 nitrogen and oxygen atoms in total. The first kappa shape index (κ1) is 16.2. The molecule has 0 saturated carbocycles. The van der Waals surface area contributed by atoms with E-state index in [0.717, 1.165) is 0 Å². The standard InChI is InChI=1S/C16H18ClFN2O3/c17-13-2-1-11(8-14(13)18)20-9-10(7-15(20)22)16(23)19-5-3-12(21)4-6-19/h1-2,8,10,12,21H,3-7,9H2. The fraction of sp³-hybridized carbons (Fsp3) is 0.500. The van der Waals surface area contributed by atoms with Crippen molar-refractivity contribution in [3.8, 4) is 0 Å². The maximum atomic E-state index is 13.6. The van der Waals surface area contributed by atoms with E-state index in [2.05, 4.69) is 0 Å². The molecule has 1 atom stereocenters. The van der Waals surface area contributed by atoms with Gasteiger partial charge >= 0.3 is 0 Å². The molecule has 23 heavy (non-hydrogen) atoms. The number of benzene rings is 1. The second kappa shape index (κ2) is 6.45. The number of amides is 2. The van der Waals surface area contributed by atoms with Crippen molar-refractivity contribution in [2.24, 2.45) is 5.92 Å². The molecule has 3 rings (SSSR count). The lowest BCUT2D eigenvalue weighted by Crippen LogP contribution is -2.43. The van der Waals surface area contributed by atoms with Crippen LogP contribution in [0.4, 0.5) is 10.1 Å². The molecule has 0 aliphatic carbocycles. The van der Waals surface area contributed by atoms with Crippen LogP contribution in [0.3, 0.4) is 0 Å². The van der Waals surface area contributed by atoms with Crippen LogP contribution < -0.4 is 4.90 Å². The first-order valence-electron chi connectivity index (χ1n) is 7.68. The Bertz CT molecular complexity index is 632. The zero-order valence-corrected chi connectivity index (χ0v) is 13.3. The van der Waals surface area contributed by atoms with E-state index in [1.54, 1.807) is 11.0 Å². The number of nitrogens with zero attached hydrogens (tertiary/aromatic N) is 2. The van der Waals surface area contributed by atoms with Crippen molar-refractivity contribution in [2.45, 2.75) is 25.4 Å². The molecule has 1 unspecified atom stereocenters. The van der Waals surface area contributed by atoms with E-state index in [9.17, 15) is 19.1 Å². The van der Waals surface area contributed by atoms with E-state index in [-0.39, 0.29) is 35.9 Å². The maximum absolute atomic E-state index is 13.6.